The Labute approximate surface area is 398 Å². The van der Waals surface area contributed by atoms with Crippen LogP contribution in [0.15, 0.2) is 60.8 Å². The van der Waals surface area contributed by atoms with Crippen LogP contribution >= 0.6 is 0 Å². The van der Waals surface area contributed by atoms with Gasteiger partial charge in [-0.1, -0.05) is 242 Å². The summed E-state index contributed by atoms with van der Waals surface area (Å²) in [6, 6.07) is 0. The molecule has 0 amide bonds. The van der Waals surface area contributed by atoms with Gasteiger partial charge in [0.2, 0.25) is 0 Å². The summed E-state index contributed by atoms with van der Waals surface area (Å²) in [6.45, 7) is 7.71. The third-order valence-corrected chi connectivity index (χ3v) is 12.0. The number of carbonyl (C=O) groups excluding carboxylic acids is 2. The largest absolute Gasteiger partial charge is 0.462 e. The predicted molar refractivity (Wildman–Crippen MR) is 279 cm³/mol. The second-order valence-corrected chi connectivity index (χ2v) is 18.5. The van der Waals surface area contributed by atoms with Crippen LogP contribution in [0, 0.1) is 0 Å². The van der Waals surface area contributed by atoms with Crippen LogP contribution in [0.3, 0.4) is 0 Å². The minimum atomic E-state index is -0.547. The molecular weight excluding hydrogens is 789 g/mol. The van der Waals surface area contributed by atoms with E-state index in [1.54, 1.807) is 0 Å². The van der Waals surface area contributed by atoms with Crippen LogP contribution in [0.4, 0.5) is 0 Å². The Bertz CT molecular complexity index is 1100. The van der Waals surface area contributed by atoms with Gasteiger partial charge in [-0.25, -0.2) is 0 Å². The highest BCUT2D eigenvalue weighted by Gasteiger charge is 2.17. The number of esters is 2. The van der Waals surface area contributed by atoms with Crippen LogP contribution in [-0.4, -0.2) is 37.9 Å². The van der Waals surface area contributed by atoms with Crippen molar-refractivity contribution >= 4 is 11.9 Å². The van der Waals surface area contributed by atoms with Crippen molar-refractivity contribution in [3.05, 3.63) is 60.8 Å². The van der Waals surface area contributed by atoms with Gasteiger partial charge in [-0.3, -0.25) is 9.59 Å². The van der Waals surface area contributed by atoms with Gasteiger partial charge in [-0.05, 0) is 83.5 Å². The third kappa shape index (κ3) is 52.2. The van der Waals surface area contributed by atoms with Gasteiger partial charge < -0.3 is 14.2 Å². The van der Waals surface area contributed by atoms with Crippen LogP contribution in [0.5, 0.6) is 0 Å². The lowest BCUT2D eigenvalue weighted by atomic mass is 10.0. The summed E-state index contributed by atoms with van der Waals surface area (Å²) < 4.78 is 17.5. The molecular formula is C59H106O5. The summed E-state index contributed by atoms with van der Waals surface area (Å²) in [5.41, 5.74) is 0. The van der Waals surface area contributed by atoms with Crippen molar-refractivity contribution in [3.8, 4) is 0 Å². The van der Waals surface area contributed by atoms with E-state index in [9.17, 15) is 9.59 Å². The van der Waals surface area contributed by atoms with E-state index >= 15 is 0 Å². The summed E-state index contributed by atoms with van der Waals surface area (Å²) in [7, 11) is 0. The molecule has 0 aromatic rings. The molecule has 1 atom stereocenters. The zero-order chi connectivity index (χ0) is 46.3. The average molecular weight is 895 g/mol. The molecule has 64 heavy (non-hydrogen) atoms. The Kier molecular flexibility index (Phi) is 52.9. The molecule has 0 N–H and O–H groups in total. The molecule has 0 bridgehead atoms. The SMILES string of the molecule is CC/C=C\C/C=C\C/C=C\CCCCCCCCCC(=O)OCC(COCCCCCCCCCCCCCCCCCC)OC(=O)CCCCCCC/C=C\C/C=C\CCCCC. The average Bonchev–Trinajstić information content (AvgIpc) is 3.30. The first-order valence-corrected chi connectivity index (χ1v) is 27.8. The van der Waals surface area contributed by atoms with Gasteiger partial charge in [0.25, 0.3) is 0 Å². The molecule has 0 aliphatic rings. The molecule has 372 valence electrons. The number of carbonyl (C=O) groups is 2. The first-order valence-electron chi connectivity index (χ1n) is 27.8. The summed E-state index contributed by atoms with van der Waals surface area (Å²) in [5.74, 6) is -0.413. The van der Waals surface area contributed by atoms with Crippen molar-refractivity contribution in [1.82, 2.24) is 0 Å². The number of rotatable bonds is 51. The van der Waals surface area contributed by atoms with Crippen LogP contribution < -0.4 is 0 Å². The van der Waals surface area contributed by atoms with Gasteiger partial charge in [-0.15, -0.1) is 0 Å². The van der Waals surface area contributed by atoms with Gasteiger partial charge in [0.1, 0.15) is 6.61 Å². The standard InChI is InChI=1S/C59H106O5/c1-4-7-10-13-16-19-22-25-28-30-32-34-37-40-43-46-49-52-58(60)63-56-57(55-62-54-51-48-45-42-39-36-33-29-26-23-20-17-14-11-8-5-2)64-59(61)53-50-47-44-41-38-35-31-27-24-21-18-15-12-9-6-3/h7,10,16,18-19,21,25,27-28,31,57H,4-6,8-9,11-15,17,20,22-24,26,29-30,32-56H2,1-3H3/b10-7-,19-16-,21-18-,28-25-,31-27-. The van der Waals surface area contributed by atoms with E-state index in [-0.39, 0.29) is 25.2 Å². The zero-order valence-electron chi connectivity index (χ0n) is 42.8. The predicted octanol–water partition coefficient (Wildman–Crippen LogP) is 18.9. The molecule has 0 saturated carbocycles. The first kappa shape index (κ1) is 61.6. The maximum atomic E-state index is 12.8. The third-order valence-electron chi connectivity index (χ3n) is 12.0. The lowest BCUT2D eigenvalue weighted by molar-refractivity contribution is -0.163. The molecule has 1 unspecified atom stereocenters. The molecule has 5 nitrogen and oxygen atoms in total. The van der Waals surface area contributed by atoms with Crippen LogP contribution in [0.2, 0.25) is 0 Å². The Morgan fingerprint density at radius 2 is 0.703 bits per heavy atom. The molecule has 0 spiro atoms. The van der Waals surface area contributed by atoms with Gasteiger partial charge in [0.05, 0.1) is 6.61 Å². The normalized spacial score (nSPS) is 12.6. The van der Waals surface area contributed by atoms with Crippen molar-refractivity contribution in [2.24, 2.45) is 0 Å². The Morgan fingerprint density at radius 1 is 0.359 bits per heavy atom. The molecule has 0 heterocycles. The highest BCUT2D eigenvalue weighted by Crippen LogP contribution is 2.15. The fraction of sp³-hybridized carbons (Fsp3) is 0.797. The molecule has 0 aliphatic carbocycles. The molecule has 0 rings (SSSR count). The molecule has 0 aromatic heterocycles. The van der Waals surface area contributed by atoms with Gasteiger partial charge in [-0.2, -0.15) is 0 Å². The number of ether oxygens (including phenoxy) is 3. The molecule has 0 aromatic carbocycles. The summed E-state index contributed by atoms with van der Waals surface area (Å²) in [4.78, 5) is 25.5. The molecule has 0 aliphatic heterocycles. The highest BCUT2D eigenvalue weighted by atomic mass is 16.6. The first-order chi connectivity index (χ1) is 31.6. The van der Waals surface area contributed by atoms with E-state index in [4.69, 9.17) is 14.2 Å². The van der Waals surface area contributed by atoms with Crippen molar-refractivity contribution in [2.45, 2.75) is 284 Å². The summed E-state index contributed by atoms with van der Waals surface area (Å²) >= 11 is 0. The maximum absolute atomic E-state index is 12.8. The van der Waals surface area contributed by atoms with E-state index < -0.39 is 6.10 Å². The van der Waals surface area contributed by atoms with E-state index in [1.165, 1.54) is 154 Å². The van der Waals surface area contributed by atoms with Crippen LogP contribution in [0.25, 0.3) is 0 Å². The molecule has 0 saturated heterocycles. The van der Waals surface area contributed by atoms with Crippen LogP contribution in [0.1, 0.15) is 278 Å². The highest BCUT2D eigenvalue weighted by molar-refractivity contribution is 5.70. The van der Waals surface area contributed by atoms with Gasteiger partial charge in [0.15, 0.2) is 6.10 Å². The number of unbranched alkanes of at least 4 members (excludes halogenated alkanes) is 30. The van der Waals surface area contributed by atoms with Crippen molar-refractivity contribution in [2.75, 3.05) is 19.8 Å². The Hall–Kier alpha value is -2.40. The van der Waals surface area contributed by atoms with E-state index in [1.807, 2.05) is 0 Å². The van der Waals surface area contributed by atoms with Gasteiger partial charge in [0, 0.05) is 19.4 Å². The topological polar surface area (TPSA) is 61.8 Å². The fourth-order valence-electron chi connectivity index (χ4n) is 7.91. The van der Waals surface area contributed by atoms with E-state index in [0.29, 0.717) is 19.4 Å². The molecule has 0 fully saturated rings. The summed E-state index contributed by atoms with van der Waals surface area (Å²) in [5, 5.41) is 0. The second-order valence-electron chi connectivity index (χ2n) is 18.5. The number of hydrogen-bond donors (Lipinski definition) is 0. The van der Waals surface area contributed by atoms with Crippen molar-refractivity contribution < 1.29 is 23.8 Å². The van der Waals surface area contributed by atoms with Gasteiger partial charge >= 0.3 is 11.9 Å². The number of allylic oxidation sites excluding steroid dienone is 10. The molecule has 5 heteroatoms. The van der Waals surface area contributed by atoms with Crippen molar-refractivity contribution in [3.63, 3.8) is 0 Å². The quantitative estimate of drug-likeness (QED) is 0.0346. The monoisotopic (exact) mass is 895 g/mol. The minimum Gasteiger partial charge on any atom is -0.462 e. The lowest BCUT2D eigenvalue weighted by Gasteiger charge is -2.18. The zero-order valence-corrected chi connectivity index (χ0v) is 42.8. The van der Waals surface area contributed by atoms with E-state index in [2.05, 4.69) is 81.5 Å². The Balaban J connectivity index is 4.28. The van der Waals surface area contributed by atoms with Crippen LogP contribution in [-0.2, 0) is 23.8 Å². The maximum Gasteiger partial charge on any atom is 0.306 e. The fourth-order valence-corrected chi connectivity index (χ4v) is 7.91. The number of hydrogen-bond acceptors (Lipinski definition) is 5. The smallest absolute Gasteiger partial charge is 0.306 e. The minimum absolute atomic E-state index is 0.0761. The lowest BCUT2D eigenvalue weighted by Crippen LogP contribution is -2.30. The van der Waals surface area contributed by atoms with E-state index in [0.717, 1.165) is 89.9 Å². The summed E-state index contributed by atoms with van der Waals surface area (Å²) in [6.07, 6.45) is 69.5. The Morgan fingerprint density at radius 3 is 1.16 bits per heavy atom. The molecule has 0 radical (unpaired) electrons. The van der Waals surface area contributed by atoms with Crippen molar-refractivity contribution in [1.29, 1.82) is 0 Å². The second kappa shape index (κ2) is 54.9.